The van der Waals surface area contributed by atoms with Gasteiger partial charge in [0.25, 0.3) is 0 Å². The van der Waals surface area contributed by atoms with E-state index in [0.29, 0.717) is 12.3 Å². The zero-order valence-corrected chi connectivity index (χ0v) is 14.7. The van der Waals surface area contributed by atoms with E-state index in [0.717, 1.165) is 59.5 Å². The Kier molecular flexibility index (Phi) is 4.07. The van der Waals surface area contributed by atoms with Crippen LogP contribution in [0.15, 0.2) is 35.1 Å². The zero-order valence-electron chi connectivity index (χ0n) is 14.7. The second-order valence-electron chi connectivity index (χ2n) is 7.07. The van der Waals surface area contributed by atoms with Crippen LogP contribution in [0.3, 0.4) is 0 Å². The van der Waals surface area contributed by atoms with Crippen LogP contribution < -0.4 is 0 Å². The molecular weight excluding hydrogens is 314 g/mol. The number of fused-ring (bicyclic) bond motifs is 1. The number of carbonyl (C=O) groups is 1. The second-order valence-corrected chi connectivity index (χ2v) is 7.07. The van der Waals surface area contributed by atoms with Crippen molar-refractivity contribution in [2.75, 3.05) is 13.1 Å². The Bertz CT molecular complexity index is 909. The quantitative estimate of drug-likeness (QED) is 0.792. The summed E-state index contributed by atoms with van der Waals surface area (Å²) in [6, 6.07) is 6.11. The van der Waals surface area contributed by atoms with E-state index in [2.05, 4.69) is 16.0 Å². The number of likely N-dealkylation sites (tertiary alicyclic amines) is 1. The molecule has 1 amide bonds. The van der Waals surface area contributed by atoms with Crippen LogP contribution in [-0.2, 0) is 11.2 Å². The van der Waals surface area contributed by atoms with Crippen molar-refractivity contribution in [3.63, 3.8) is 0 Å². The molecule has 1 aromatic carbocycles. The van der Waals surface area contributed by atoms with Crippen LogP contribution in [0.1, 0.15) is 41.4 Å². The molecule has 1 N–H and O–H groups in total. The first-order chi connectivity index (χ1) is 12.1. The number of hydrogen-bond donors (Lipinski definition) is 1. The molecule has 3 aromatic rings. The van der Waals surface area contributed by atoms with Gasteiger partial charge in [-0.3, -0.25) is 4.79 Å². The lowest BCUT2D eigenvalue weighted by atomic mass is 9.96. The highest BCUT2D eigenvalue weighted by molar-refractivity contribution is 5.88. The summed E-state index contributed by atoms with van der Waals surface area (Å²) >= 11 is 0. The van der Waals surface area contributed by atoms with Crippen LogP contribution in [0.5, 0.6) is 0 Å². The van der Waals surface area contributed by atoms with Gasteiger partial charge >= 0.3 is 0 Å². The number of carbonyl (C=O) groups excluding carboxylic acids is 1. The lowest BCUT2D eigenvalue weighted by Crippen LogP contribution is -2.40. The van der Waals surface area contributed by atoms with Gasteiger partial charge in [-0.05, 0) is 38.3 Å². The predicted octanol–water partition coefficient (Wildman–Crippen LogP) is 3.72. The van der Waals surface area contributed by atoms with Gasteiger partial charge in [-0.2, -0.15) is 0 Å². The Hall–Kier alpha value is -2.56. The number of rotatable bonds is 3. The molecule has 0 spiro atoms. The summed E-state index contributed by atoms with van der Waals surface area (Å²) in [5, 5.41) is 1.04. The molecule has 1 aliphatic rings. The van der Waals surface area contributed by atoms with Gasteiger partial charge in [0.1, 0.15) is 11.4 Å². The van der Waals surface area contributed by atoms with Gasteiger partial charge in [0.2, 0.25) is 5.91 Å². The van der Waals surface area contributed by atoms with Crippen LogP contribution in [0.4, 0.5) is 0 Å². The second kappa shape index (κ2) is 6.39. The number of nitrogens with zero attached hydrogens (tertiary/aromatic N) is 2. The summed E-state index contributed by atoms with van der Waals surface area (Å²) in [5.41, 5.74) is 4.05. The molecule has 0 saturated carbocycles. The number of aryl methyl sites for hydroxylation is 2. The van der Waals surface area contributed by atoms with E-state index in [1.807, 2.05) is 37.1 Å². The minimum Gasteiger partial charge on any atom is -0.464 e. The fraction of sp³-hybridized carbons (Fsp3) is 0.400. The van der Waals surface area contributed by atoms with Gasteiger partial charge in [0, 0.05) is 41.8 Å². The molecule has 4 rings (SSSR count). The van der Waals surface area contributed by atoms with E-state index in [9.17, 15) is 4.79 Å². The molecule has 1 aliphatic heterocycles. The maximum atomic E-state index is 12.8. The summed E-state index contributed by atoms with van der Waals surface area (Å²) < 4.78 is 5.63. The highest BCUT2D eigenvalue weighted by Gasteiger charge is 2.27. The summed E-state index contributed by atoms with van der Waals surface area (Å²) in [5.74, 6) is 1.46. The summed E-state index contributed by atoms with van der Waals surface area (Å²) in [7, 11) is 0. The molecule has 5 nitrogen and oxygen atoms in total. The number of aromatic nitrogens is 2. The normalized spacial score (nSPS) is 18.0. The Morgan fingerprint density at radius 3 is 3.08 bits per heavy atom. The smallest absolute Gasteiger partial charge is 0.227 e. The van der Waals surface area contributed by atoms with Gasteiger partial charge in [-0.25, -0.2) is 4.98 Å². The van der Waals surface area contributed by atoms with Crippen LogP contribution in [0, 0.1) is 13.8 Å². The van der Waals surface area contributed by atoms with E-state index in [-0.39, 0.29) is 5.91 Å². The Morgan fingerprint density at radius 2 is 2.28 bits per heavy atom. The molecule has 130 valence electrons. The van der Waals surface area contributed by atoms with Crippen molar-refractivity contribution in [3.8, 4) is 0 Å². The van der Waals surface area contributed by atoms with E-state index in [4.69, 9.17) is 4.42 Å². The molecule has 0 aliphatic carbocycles. The first kappa shape index (κ1) is 15.9. The number of nitrogens with one attached hydrogen (secondary N) is 1. The molecule has 0 bridgehead atoms. The number of aromatic amines is 1. The van der Waals surface area contributed by atoms with Crippen LogP contribution in [0.2, 0.25) is 0 Å². The average molecular weight is 337 g/mol. The van der Waals surface area contributed by atoms with E-state index in [1.165, 1.54) is 0 Å². The third-order valence-corrected chi connectivity index (χ3v) is 5.04. The molecule has 5 heteroatoms. The maximum Gasteiger partial charge on any atom is 0.227 e. The number of amides is 1. The summed E-state index contributed by atoms with van der Waals surface area (Å²) in [4.78, 5) is 22.5. The lowest BCUT2D eigenvalue weighted by molar-refractivity contribution is -0.131. The van der Waals surface area contributed by atoms with Crippen LogP contribution in [-0.4, -0.2) is 33.9 Å². The molecule has 1 saturated heterocycles. The highest BCUT2D eigenvalue weighted by atomic mass is 16.3. The number of hydrogen-bond acceptors (Lipinski definition) is 3. The van der Waals surface area contributed by atoms with Crippen molar-refractivity contribution in [2.24, 2.45) is 0 Å². The zero-order chi connectivity index (χ0) is 17.4. The maximum absolute atomic E-state index is 12.8. The lowest BCUT2D eigenvalue weighted by Gasteiger charge is -2.32. The first-order valence-corrected chi connectivity index (χ1v) is 8.86. The summed E-state index contributed by atoms with van der Waals surface area (Å²) in [6.45, 7) is 5.61. The van der Waals surface area contributed by atoms with Crippen molar-refractivity contribution in [2.45, 2.75) is 39.0 Å². The van der Waals surface area contributed by atoms with Gasteiger partial charge in [0.15, 0.2) is 0 Å². The minimum atomic E-state index is 0.163. The van der Waals surface area contributed by atoms with Crippen molar-refractivity contribution < 1.29 is 9.21 Å². The van der Waals surface area contributed by atoms with Gasteiger partial charge in [-0.1, -0.05) is 12.1 Å². The number of H-pyrrole nitrogens is 1. The Morgan fingerprint density at radius 1 is 1.40 bits per heavy atom. The molecule has 1 atom stereocenters. The van der Waals surface area contributed by atoms with Gasteiger partial charge in [0.05, 0.1) is 12.7 Å². The van der Waals surface area contributed by atoms with E-state index in [1.54, 1.807) is 6.26 Å². The fourth-order valence-electron chi connectivity index (χ4n) is 3.67. The molecule has 0 unspecified atom stereocenters. The minimum absolute atomic E-state index is 0.163. The van der Waals surface area contributed by atoms with Crippen molar-refractivity contribution in [1.29, 1.82) is 0 Å². The van der Waals surface area contributed by atoms with Crippen molar-refractivity contribution in [3.05, 3.63) is 53.3 Å². The largest absolute Gasteiger partial charge is 0.464 e. The molecule has 2 aromatic heterocycles. The average Bonchev–Trinajstić information content (AvgIpc) is 3.21. The molecule has 0 radical (unpaired) electrons. The predicted molar refractivity (Wildman–Crippen MR) is 96.5 cm³/mol. The number of imidazole rings is 1. The highest BCUT2D eigenvalue weighted by Crippen LogP contribution is 2.27. The van der Waals surface area contributed by atoms with Crippen molar-refractivity contribution in [1.82, 2.24) is 14.9 Å². The number of furan rings is 1. The van der Waals surface area contributed by atoms with Gasteiger partial charge in [-0.15, -0.1) is 0 Å². The van der Waals surface area contributed by atoms with Crippen LogP contribution in [0.25, 0.3) is 11.0 Å². The van der Waals surface area contributed by atoms with Gasteiger partial charge < -0.3 is 14.3 Å². The number of piperidine rings is 1. The standard InChI is InChI=1S/C20H23N3O2/c1-13-5-6-17-16(12-25-18(17)8-13)9-19(24)23-7-3-4-15(11-23)20-21-10-14(2)22-20/h5-6,8,10,12,15H,3-4,7,9,11H2,1-2H3,(H,21,22)/t15-/m0/s1. The van der Waals surface area contributed by atoms with Crippen molar-refractivity contribution >= 4 is 16.9 Å². The molecule has 1 fully saturated rings. The number of benzene rings is 1. The monoisotopic (exact) mass is 337 g/mol. The third-order valence-electron chi connectivity index (χ3n) is 5.04. The molecular formula is C20H23N3O2. The van der Waals surface area contributed by atoms with Crippen LogP contribution >= 0.6 is 0 Å². The Labute approximate surface area is 147 Å². The topological polar surface area (TPSA) is 62.1 Å². The Balaban J connectivity index is 1.48. The van der Waals surface area contributed by atoms with E-state index >= 15 is 0 Å². The SMILES string of the molecule is Cc1ccc2c(CC(=O)N3CCC[C@H](c4ncc(C)[nH]4)C3)coc2c1. The summed E-state index contributed by atoms with van der Waals surface area (Å²) in [6.07, 6.45) is 6.06. The fourth-order valence-corrected chi connectivity index (χ4v) is 3.67. The first-order valence-electron chi connectivity index (χ1n) is 8.86. The third kappa shape index (κ3) is 3.18. The molecule has 25 heavy (non-hydrogen) atoms. The van der Waals surface area contributed by atoms with E-state index < -0.39 is 0 Å². The molecule has 3 heterocycles.